The number of hydrogen-bond acceptors (Lipinski definition) is 3. The Morgan fingerprint density at radius 3 is 2.71 bits per heavy atom. The number of aliphatic carboxylic acids is 1. The van der Waals surface area contributed by atoms with Gasteiger partial charge in [0.05, 0.1) is 5.02 Å². The molecule has 2 rings (SSSR count). The number of carbonyl (C=O) groups is 1. The molecule has 2 aromatic rings. The van der Waals surface area contributed by atoms with E-state index in [0.29, 0.717) is 22.1 Å². The fourth-order valence-corrected chi connectivity index (χ4v) is 2.48. The first-order chi connectivity index (χ1) is 10.1. The minimum Gasteiger partial charge on any atom is -0.478 e. The highest BCUT2D eigenvalue weighted by Gasteiger charge is 2.10. The van der Waals surface area contributed by atoms with Crippen LogP contribution in [0.5, 0.6) is 11.5 Å². The third-order valence-electron chi connectivity index (χ3n) is 2.68. The van der Waals surface area contributed by atoms with Gasteiger partial charge in [0.2, 0.25) is 0 Å². The lowest BCUT2D eigenvalue weighted by molar-refractivity contribution is -0.131. The molecule has 0 heterocycles. The van der Waals surface area contributed by atoms with Crippen molar-refractivity contribution in [2.24, 2.45) is 0 Å². The largest absolute Gasteiger partial charge is 0.478 e. The molecule has 0 aliphatic carbocycles. The summed E-state index contributed by atoms with van der Waals surface area (Å²) in [6, 6.07) is 12.8. The maximum absolute atomic E-state index is 10.7. The predicted molar refractivity (Wildman–Crippen MR) is 86.4 cm³/mol. The van der Waals surface area contributed by atoms with Crippen LogP contribution < -0.4 is 4.74 Å². The van der Waals surface area contributed by atoms with Crippen LogP contribution in [-0.2, 0) is 4.79 Å². The van der Waals surface area contributed by atoms with Crippen molar-refractivity contribution < 1.29 is 14.6 Å². The van der Waals surface area contributed by atoms with E-state index in [-0.39, 0.29) is 0 Å². The summed E-state index contributed by atoms with van der Waals surface area (Å²) in [5, 5.41) is 9.17. The number of benzene rings is 2. The third kappa shape index (κ3) is 4.03. The van der Waals surface area contributed by atoms with Crippen molar-refractivity contribution in [3.63, 3.8) is 0 Å². The van der Waals surface area contributed by atoms with Crippen molar-refractivity contribution >= 4 is 35.4 Å². The lowest BCUT2D eigenvalue weighted by Gasteiger charge is -2.13. The molecular formula is C16H13ClO3S. The Hall–Kier alpha value is -1.91. The average Bonchev–Trinajstić information content (AvgIpc) is 2.48. The van der Waals surface area contributed by atoms with Crippen LogP contribution in [0.2, 0.25) is 5.02 Å². The van der Waals surface area contributed by atoms with E-state index in [0.717, 1.165) is 11.0 Å². The van der Waals surface area contributed by atoms with E-state index in [1.54, 1.807) is 30.0 Å². The Morgan fingerprint density at radius 1 is 1.24 bits per heavy atom. The van der Waals surface area contributed by atoms with Crippen LogP contribution in [0.25, 0.3) is 6.08 Å². The second kappa shape index (κ2) is 7.20. The van der Waals surface area contributed by atoms with E-state index in [4.69, 9.17) is 21.4 Å². The first kappa shape index (κ1) is 15.5. The van der Waals surface area contributed by atoms with E-state index in [9.17, 15) is 4.79 Å². The summed E-state index contributed by atoms with van der Waals surface area (Å²) in [6.07, 6.45) is 4.48. The highest BCUT2D eigenvalue weighted by Crippen LogP contribution is 2.37. The minimum absolute atomic E-state index is 0.429. The maximum Gasteiger partial charge on any atom is 0.328 e. The van der Waals surface area contributed by atoms with Crippen molar-refractivity contribution in [1.29, 1.82) is 0 Å². The molecule has 0 aliphatic rings. The monoisotopic (exact) mass is 320 g/mol. The fraction of sp³-hybridized carbons (Fsp3) is 0.0625. The zero-order valence-electron chi connectivity index (χ0n) is 11.2. The molecule has 5 heteroatoms. The maximum atomic E-state index is 10.7. The van der Waals surface area contributed by atoms with E-state index in [2.05, 4.69) is 0 Å². The average molecular weight is 321 g/mol. The molecule has 0 saturated heterocycles. The van der Waals surface area contributed by atoms with Gasteiger partial charge in [-0.1, -0.05) is 35.9 Å². The Kier molecular flexibility index (Phi) is 5.31. The van der Waals surface area contributed by atoms with Gasteiger partial charge in [0.1, 0.15) is 5.75 Å². The number of para-hydroxylation sites is 2. The number of thioether (sulfide) groups is 1. The second-order valence-corrected chi connectivity index (χ2v) is 5.34. The van der Waals surface area contributed by atoms with E-state index < -0.39 is 5.97 Å². The predicted octanol–water partition coefficient (Wildman–Crippen LogP) is 4.95. The quantitative estimate of drug-likeness (QED) is 0.625. The molecule has 0 bridgehead atoms. The molecule has 0 spiro atoms. The van der Waals surface area contributed by atoms with Gasteiger partial charge in [-0.3, -0.25) is 0 Å². The van der Waals surface area contributed by atoms with Gasteiger partial charge in [0.15, 0.2) is 5.75 Å². The molecule has 0 aromatic heterocycles. The molecule has 3 nitrogen and oxygen atoms in total. The van der Waals surface area contributed by atoms with Crippen LogP contribution in [0, 0.1) is 0 Å². The Balaban J connectivity index is 2.41. The molecular weight excluding hydrogens is 308 g/mol. The Bertz CT molecular complexity index is 683. The molecule has 0 fully saturated rings. The molecule has 0 unspecified atom stereocenters. The van der Waals surface area contributed by atoms with Crippen LogP contribution in [0.3, 0.4) is 0 Å². The molecule has 0 amide bonds. The van der Waals surface area contributed by atoms with Crippen molar-refractivity contribution in [2.45, 2.75) is 4.90 Å². The zero-order chi connectivity index (χ0) is 15.2. The molecule has 0 atom stereocenters. The van der Waals surface area contributed by atoms with Gasteiger partial charge in [-0.2, -0.15) is 0 Å². The van der Waals surface area contributed by atoms with Crippen LogP contribution in [0.4, 0.5) is 0 Å². The molecule has 2 aromatic carbocycles. The van der Waals surface area contributed by atoms with Gasteiger partial charge in [0, 0.05) is 16.5 Å². The van der Waals surface area contributed by atoms with Gasteiger partial charge in [-0.15, -0.1) is 11.8 Å². The van der Waals surface area contributed by atoms with Gasteiger partial charge >= 0.3 is 5.97 Å². The van der Waals surface area contributed by atoms with Gasteiger partial charge in [0.25, 0.3) is 0 Å². The summed E-state index contributed by atoms with van der Waals surface area (Å²) >= 11 is 7.74. The highest BCUT2D eigenvalue weighted by atomic mass is 35.5. The van der Waals surface area contributed by atoms with Gasteiger partial charge in [-0.25, -0.2) is 4.79 Å². The summed E-state index contributed by atoms with van der Waals surface area (Å²) < 4.78 is 5.90. The van der Waals surface area contributed by atoms with Crippen molar-refractivity contribution in [3.05, 3.63) is 59.1 Å². The summed E-state index contributed by atoms with van der Waals surface area (Å²) in [5.74, 6) is 0.103. The van der Waals surface area contributed by atoms with E-state index in [1.165, 1.54) is 6.08 Å². The molecule has 21 heavy (non-hydrogen) atoms. The number of carboxylic acids is 1. The summed E-state index contributed by atoms with van der Waals surface area (Å²) in [5.41, 5.74) is 0.612. The number of halogens is 1. The lowest BCUT2D eigenvalue weighted by Crippen LogP contribution is -1.92. The number of ether oxygens (including phenoxy) is 1. The summed E-state index contributed by atoms with van der Waals surface area (Å²) in [7, 11) is 0. The minimum atomic E-state index is -1.02. The first-order valence-electron chi connectivity index (χ1n) is 6.12. The van der Waals surface area contributed by atoms with E-state index in [1.807, 2.05) is 30.5 Å². The first-order valence-corrected chi connectivity index (χ1v) is 7.72. The third-order valence-corrected chi connectivity index (χ3v) is 3.76. The fourth-order valence-electron chi connectivity index (χ4n) is 1.74. The molecule has 1 N–H and O–H groups in total. The number of hydrogen-bond donors (Lipinski definition) is 1. The second-order valence-electron chi connectivity index (χ2n) is 4.08. The summed E-state index contributed by atoms with van der Waals surface area (Å²) in [6.45, 7) is 0. The van der Waals surface area contributed by atoms with Crippen LogP contribution >= 0.6 is 23.4 Å². The molecule has 0 saturated carbocycles. The zero-order valence-corrected chi connectivity index (χ0v) is 12.8. The van der Waals surface area contributed by atoms with Gasteiger partial charge in [-0.05, 0) is 30.5 Å². The lowest BCUT2D eigenvalue weighted by atomic mass is 10.2. The highest BCUT2D eigenvalue weighted by molar-refractivity contribution is 7.98. The molecule has 108 valence electrons. The summed E-state index contributed by atoms with van der Waals surface area (Å²) in [4.78, 5) is 11.6. The smallest absolute Gasteiger partial charge is 0.328 e. The van der Waals surface area contributed by atoms with Gasteiger partial charge < -0.3 is 9.84 Å². The van der Waals surface area contributed by atoms with Crippen molar-refractivity contribution in [3.8, 4) is 11.5 Å². The van der Waals surface area contributed by atoms with Crippen molar-refractivity contribution in [2.75, 3.05) is 6.26 Å². The number of rotatable bonds is 5. The molecule has 0 radical (unpaired) electrons. The van der Waals surface area contributed by atoms with Crippen LogP contribution in [0.15, 0.2) is 53.4 Å². The normalized spacial score (nSPS) is 10.8. The van der Waals surface area contributed by atoms with E-state index >= 15 is 0 Å². The topological polar surface area (TPSA) is 46.5 Å². The number of carboxylic acid groups (broad SMARTS) is 1. The van der Waals surface area contributed by atoms with Crippen LogP contribution in [0.1, 0.15) is 5.56 Å². The SMILES string of the molecule is CSc1ccccc1Oc1c(Cl)cccc1/C=C/C(=O)O. The van der Waals surface area contributed by atoms with Crippen LogP contribution in [-0.4, -0.2) is 17.3 Å². The Labute approximate surface area is 132 Å². The van der Waals surface area contributed by atoms with Crippen molar-refractivity contribution in [1.82, 2.24) is 0 Å². The molecule has 0 aliphatic heterocycles. The standard InChI is InChI=1S/C16H13ClO3S/c1-21-14-8-3-2-7-13(14)20-16-11(9-10-15(18)19)5-4-6-12(16)17/h2-10H,1H3,(H,18,19)/b10-9+. The Morgan fingerprint density at radius 2 is 2.00 bits per heavy atom.